The van der Waals surface area contributed by atoms with Gasteiger partial charge in [-0.05, 0) is 55.7 Å². The van der Waals surface area contributed by atoms with Gasteiger partial charge in [0.05, 0.1) is 37.5 Å². The lowest BCUT2D eigenvalue weighted by atomic mass is 10.1. The van der Waals surface area contributed by atoms with Crippen LogP contribution < -0.4 is 9.46 Å². The predicted octanol–water partition coefficient (Wildman–Crippen LogP) is 3.05. The lowest BCUT2D eigenvalue weighted by Gasteiger charge is -2.16. The van der Waals surface area contributed by atoms with Crippen molar-refractivity contribution in [1.82, 2.24) is 9.78 Å². The first-order valence-electron chi connectivity index (χ1n) is 9.03. The Kier molecular flexibility index (Phi) is 5.88. The minimum atomic E-state index is -3.84. The van der Waals surface area contributed by atoms with Gasteiger partial charge in [0.1, 0.15) is 11.5 Å². The van der Waals surface area contributed by atoms with Crippen molar-refractivity contribution in [3.8, 4) is 5.75 Å². The molecule has 0 radical (unpaired) electrons. The quantitative estimate of drug-likeness (QED) is 0.570. The number of hydrogen-bond donors (Lipinski definition) is 1. The van der Waals surface area contributed by atoms with E-state index >= 15 is 0 Å². The van der Waals surface area contributed by atoms with Crippen molar-refractivity contribution in [3.05, 3.63) is 58.8 Å². The second-order valence-electron chi connectivity index (χ2n) is 6.76. The smallest absolute Gasteiger partial charge is 0.373 e. The highest BCUT2D eigenvalue weighted by atomic mass is 32.2. The molecule has 0 unspecified atom stereocenters. The summed E-state index contributed by atoms with van der Waals surface area (Å²) in [6.07, 6.45) is 2.95. The van der Waals surface area contributed by atoms with Gasteiger partial charge in [0.15, 0.2) is 0 Å². The third-order valence-electron chi connectivity index (χ3n) is 4.72. The lowest BCUT2D eigenvalue weighted by Crippen LogP contribution is -2.16. The largest absolute Gasteiger partial charge is 0.496 e. The van der Waals surface area contributed by atoms with Gasteiger partial charge in [-0.1, -0.05) is 0 Å². The molecular formula is C20H23N3O6S. The van der Waals surface area contributed by atoms with E-state index < -0.39 is 16.0 Å². The molecule has 0 aliphatic carbocycles. The number of esters is 1. The molecule has 0 fully saturated rings. The highest BCUT2D eigenvalue weighted by Gasteiger charge is 2.23. The van der Waals surface area contributed by atoms with Gasteiger partial charge >= 0.3 is 5.97 Å². The SMILES string of the molecule is COC(=O)c1ccc(Cn2cc(NS(=O)(=O)c3c(C)cc(OC)c(C)c3C)cn2)o1. The van der Waals surface area contributed by atoms with Crippen molar-refractivity contribution in [2.75, 3.05) is 18.9 Å². The van der Waals surface area contributed by atoms with E-state index in [2.05, 4.69) is 14.6 Å². The summed E-state index contributed by atoms with van der Waals surface area (Å²) in [7, 11) is -1.02. The second-order valence-corrected chi connectivity index (χ2v) is 8.38. The molecule has 1 N–H and O–H groups in total. The van der Waals surface area contributed by atoms with Crippen LogP contribution in [-0.4, -0.2) is 38.4 Å². The van der Waals surface area contributed by atoms with Gasteiger partial charge in [-0.25, -0.2) is 13.2 Å². The maximum Gasteiger partial charge on any atom is 0.373 e. The van der Waals surface area contributed by atoms with Gasteiger partial charge < -0.3 is 13.9 Å². The predicted molar refractivity (Wildman–Crippen MR) is 109 cm³/mol. The number of anilines is 1. The summed E-state index contributed by atoms with van der Waals surface area (Å²) in [5, 5.41) is 4.15. The summed E-state index contributed by atoms with van der Waals surface area (Å²) in [5.41, 5.74) is 2.28. The standard InChI is InChI=1S/C20H23N3O6S/c1-12-8-18(27-4)13(2)14(3)19(12)30(25,26)22-15-9-21-23(10-15)11-16-6-7-17(29-16)20(24)28-5/h6-10,22H,11H2,1-5H3. The monoisotopic (exact) mass is 433 g/mol. The van der Waals surface area contributed by atoms with E-state index in [9.17, 15) is 13.2 Å². The fourth-order valence-electron chi connectivity index (χ4n) is 3.19. The van der Waals surface area contributed by atoms with Crippen LogP contribution in [0.25, 0.3) is 0 Å². The van der Waals surface area contributed by atoms with Crippen LogP contribution in [0.2, 0.25) is 0 Å². The molecule has 0 aliphatic heterocycles. The molecule has 1 aromatic carbocycles. The average Bonchev–Trinajstić information content (AvgIpc) is 3.33. The number of carbonyl (C=O) groups excluding carboxylic acids is 1. The van der Waals surface area contributed by atoms with Gasteiger partial charge in [-0.15, -0.1) is 0 Å². The first-order valence-corrected chi connectivity index (χ1v) is 10.5. The summed E-state index contributed by atoms with van der Waals surface area (Å²) < 4.78 is 45.4. The molecule has 0 bridgehead atoms. The van der Waals surface area contributed by atoms with E-state index in [1.165, 1.54) is 24.1 Å². The number of hydrogen-bond acceptors (Lipinski definition) is 7. The van der Waals surface area contributed by atoms with Gasteiger partial charge in [0, 0.05) is 6.20 Å². The molecule has 3 rings (SSSR count). The molecule has 30 heavy (non-hydrogen) atoms. The zero-order valence-corrected chi connectivity index (χ0v) is 18.2. The van der Waals surface area contributed by atoms with Crippen LogP contribution in [0, 0.1) is 20.8 Å². The minimum absolute atomic E-state index is 0.0846. The summed E-state index contributed by atoms with van der Waals surface area (Å²) >= 11 is 0. The highest BCUT2D eigenvalue weighted by Crippen LogP contribution is 2.31. The van der Waals surface area contributed by atoms with E-state index in [0.29, 0.717) is 28.3 Å². The number of aromatic nitrogens is 2. The van der Waals surface area contributed by atoms with Crippen molar-refractivity contribution in [2.24, 2.45) is 0 Å². The Morgan fingerprint density at radius 1 is 1.20 bits per heavy atom. The van der Waals surface area contributed by atoms with Gasteiger partial charge in [-0.2, -0.15) is 5.10 Å². The molecule has 10 heteroatoms. The topological polar surface area (TPSA) is 113 Å². The fourth-order valence-corrected chi connectivity index (χ4v) is 4.75. The van der Waals surface area contributed by atoms with Crippen molar-refractivity contribution in [2.45, 2.75) is 32.2 Å². The van der Waals surface area contributed by atoms with Crippen LogP contribution in [-0.2, 0) is 21.3 Å². The van der Waals surface area contributed by atoms with E-state index in [0.717, 1.165) is 5.56 Å². The Morgan fingerprint density at radius 2 is 1.93 bits per heavy atom. The number of carbonyl (C=O) groups is 1. The maximum atomic E-state index is 13.0. The third kappa shape index (κ3) is 4.18. The van der Waals surface area contributed by atoms with Crippen LogP contribution in [0.3, 0.4) is 0 Å². The van der Waals surface area contributed by atoms with Crippen LogP contribution in [0.4, 0.5) is 5.69 Å². The molecule has 0 saturated heterocycles. The van der Waals surface area contributed by atoms with Crippen LogP contribution >= 0.6 is 0 Å². The summed E-state index contributed by atoms with van der Waals surface area (Å²) in [5.74, 6) is 0.629. The number of sulfonamides is 1. The third-order valence-corrected chi connectivity index (χ3v) is 6.39. The first kappa shape index (κ1) is 21.4. The van der Waals surface area contributed by atoms with Gasteiger partial charge in [0.2, 0.25) is 5.76 Å². The summed E-state index contributed by atoms with van der Waals surface area (Å²) in [6, 6.07) is 4.84. The zero-order valence-electron chi connectivity index (χ0n) is 17.3. The molecule has 0 atom stereocenters. The zero-order chi connectivity index (χ0) is 22.1. The second kappa shape index (κ2) is 8.23. The van der Waals surface area contributed by atoms with E-state index in [4.69, 9.17) is 9.15 Å². The number of ether oxygens (including phenoxy) is 2. The van der Waals surface area contributed by atoms with E-state index in [1.807, 2.05) is 6.92 Å². The van der Waals surface area contributed by atoms with E-state index in [1.54, 1.807) is 39.3 Å². The number of aryl methyl sites for hydroxylation is 1. The molecule has 0 aliphatic rings. The number of benzene rings is 1. The average molecular weight is 433 g/mol. The normalized spacial score (nSPS) is 11.4. The molecule has 2 heterocycles. The number of furan rings is 1. The van der Waals surface area contributed by atoms with Crippen molar-refractivity contribution >= 4 is 21.7 Å². The van der Waals surface area contributed by atoms with Crippen molar-refractivity contribution in [3.63, 3.8) is 0 Å². The molecule has 0 spiro atoms. The molecule has 0 amide bonds. The molecular weight excluding hydrogens is 410 g/mol. The van der Waals surface area contributed by atoms with Gasteiger partial charge in [0.25, 0.3) is 10.0 Å². The Hall–Kier alpha value is -3.27. The molecule has 2 aromatic heterocycles. The number of nitrogens with one attached hydrogen (secondary N) is 1. The highest BCUT2D eigenvalue weighted by molar-refractivity contribution is 7.92. The maximum absolute atomic E-state index is 13.0. The Labute approximate surface area is 174 Å². The number of methoxy groups -OCH3 is 2. The Bertz CT molecular complexity index is 1190. The van der Waals surface area contributed by atoms with Crippen LogP contribution in [0.15, 0.2) is 39.9 Å². The molecule has 9 nitrogen and oxygen atoms in total. The van der Waals surface area contributed by atoms with Crippen molar-refractivity contribution < 1.29 is 27.1 Å². The Balaban J connectivity index is 1.81. The number of rotatable bonds is 7. The molecule has 3 aromatic rings. The van der Waals surface area contributed by atoms with Crippen LogP contribution in [0.5, 0.6) is 5.75 Å². The fraction of sp³-hybridized carbons (Fsp3) is 0.300. The summed E-state index contributed by atoms with van der Waals surface area (Å²) in [6.45, 7) is 5.51. The number of nitrogens with zero attached hydrogens (tertiary/aromatic N) is 2. The lowest BCUT2D eigenvalue weighted by molar-refractivity contribution is 0.0562. The molecule has 0 saturated carbocycles. The minimum Gasteiger partial charge on any atom is -0.496 e. The first-order chi connectivity index (χ1) is 14.2. The molecule has 160 valence electrons. The van der Waals surface area contributed by atoms with Gasteiger partial charge in [-0.3, -0.25) is 9.40 Å². The van der Waals surface area contributed by atoms with Crippen molar-refractivity contribution in [1.29, 1.82) is 0 Å². The summed E-state index contributed by atoms with van der Waals surface area (Å²) in [4.78, 5) is 11.7. The van der Waals surface area contributed by atoms with Crippen LogP contribution in [0.1, 0.15) is 33.0 Å². The van der Waals surface area contributed by atoms with E-state index in [-0.39, 0.29) is 17.2 Å². The Morgan fingerprint density at radius 3 is 2.60 bits per heavy atom.